The van der Waals surface area contributed by atoms with E-state index in [1.165, 1.54) is 68.5 Å². The molecule has 3 aliphatic rings. The molecule has 0 N–H and O–H groups in total. The third-order valence-electron chi connectivity index (χ3n) is 4.39. The Hall–Kier alpha value is -1.18. The summed E-state index contributed by atoms with van der Waals surface area (Å²) in [5.74, 6) is 1.25. The molecule has 0 atom stereocenters. The number of aryl methyl sites for hydroxylation is 2. The first kappa shape index (κ1) is 9.81. The van der Waals surface area contributed by atoms with E-state index < -0.39 is 0 Å². The van der Waals surface area contributed by atoms with Gasteiger partial charge in [0.15, 0.2) is 0 Å². The minimum Gasteiger partial charge on any atom is -0.493 e. The highest BCUT2D eigenvalue weighted by molar-refractivity contribution is 5.69. The van der Waals surface area contributed by atoms with Gasteiger partial charge in [-0.15, -0.1) is 0 Å². The highest BCUT2D eigenvalue weighted by Gasteiger charge is 2.29. The van der Waals surface area contributed by atoms with Crippen molar-refractivity contribution in [2.45, 2.75) is 38.5 Å². The molecule has 4 rings (SSSR count). The number of rotatable bonds is 0. The highest BCUT2D eigenvalue weighted by atomic mass is 16.5. The van der Waals surface area contributed by atoms with E-state index in [2.05, 4.69) is 11.0 Å². The fraction of sp³-hybridized carbons (Fsp3) is 0.600. The van der Waals surface area contributed by atoms with Crippen LogP contribution in [0.5, 0.6) is 5.75 Å². The van der Waals surface area contributed by atoms with Crippen LogP contribution in [-0.2, 0) is 19.3 Å². The maximum Gasteiger partial charge on any atom is 0.127 e. The van der Waals surface area contributed by atoms with Gasteiger partial charge in [-0.3, -0.25) is 0 Å². The van der Waals surface area contributed by atoms with Crippen molar-refractivity contribution in [1.82, 2.24) is 0 Å². The van der Waals surface area contributed by atoms with Gasteiger partial charge >= 0.3 is 0 Å². The fourth-order valence-electron chi connectivity index (χ4n) is 3.70. The standard InChI is InChI=1S/C15H19NO/c1-4-11-10-12-5-3-9-17-15(12)13-6-2-8-16(7-1)14(11)13/h10H,1-9H2. The third kappa shape index (κ3) is 1.39. The van der Waals surface area contributed by atoms with Gasteiger partial charge in [0, 0.05) is 24.3 Å². The zero-order valence-corrected chi connectivity index (χ0v) is 10.3. The first-order chi connectivity index (χ1) is 8.43. The molecule has 0 aromatic heterocycles. The zero-order valence-electron chi connectivity index (χ0n) is 10.3. The molecule has 17 heavy (non-hydrogen) atoms. The van der Waals surface area contributed by atoms with Crippen LogP contribution >= 0.6 is 0 Å². The number of anilines is 1. The van der Waals surface area contributed by atoms with E-state index in [0.717, 1.165) is 6.61 Å². The monoisotopic (exact) mass is 229 g/mol. The van der Waals surface area contributed by atoms with Gasteiger partial charge < -0.3 is 9.64 Å². The van der Waals surface area contributed by atoms with E-state index >= 15 is 0 Å². The highest BCUT2D eigenvalue weighted by Crippen LogP contribution is 2.43. The number of ether oxygens (including phenoxy) is 1. The second kappa shape index (κ2) is 3.66. The summed E-state index contributed by atoms with van der Waals surface area (Å²) in [6.45, 7) is 3.41. The summed E-state index contributed by atoms with van der Waals surface area (Å²) in [5.41, 5.74) is 6.15. The van der Waals surface area contributed by atoms with E-state index in [1.54, 1.807) is 11.3 Å². The van der Waals surface area contributed by atoms with Crippen LogP contribution in [0.3, 0.4) is 0 Å². The minimum absolute atomic E-state index is 0.915. The molecule has 0 radical (unpaired) electrons. The van der Waals surface area contributed by atoms with Crippen LogP contribution < -0.4 is 9.64 Å². The Morgan fingerprint density at radius 3 is 2.71 bits per heavy atom. The molecule has 2 nitrogen and oxygen atoms in total. The molecule has 0 amide bonds. The molecule has 0 spiro atoms. The van der Waals surface area contributed by atoms with Crippen molar-refractivity contribution in [3.05, 3.63) is 22.8 Å². The molecule has 3 aliphatic heterocycles. The van der Waals surface area contributed by atoms with Crippen LogP contribution in [0.15, 0.2) is 6.07 Å². The summed E-state index contributed by atoms with van der Waals surface area (Å²) in [4.78, 5) is 2.59. The first-order valence-electron chi connectivity index (χ1n) is 6.99. The van der Waals surface area contributed by atoms with Crippen molar-refractivity contribution in [1.29, 1.82) is 0 Å². The second-order valence-electron chi connectivity index (χ2n) is 5.50. The largest absolute Gasteiger partial charge is 0.493 e. The van der Waals surface area contributed by atoms with E-state index in [4.69, 9.17) is 4.74 Å². The van der Waals surface area contributed by atoms with Gasteiger partial charge in [-0.2, -0.15) is 0 Å². The topological polar surface area (TPSA) is 12.5 Å². The van der Waals surface area contributed by atoms with Crippen molar-refractivity contribution in [2.75, 3.05) is 24.6 Å². The van der Waals surface area contributed by atoms with Crippen LogP contribution in [0.4, 0.5) is 5.69 Å². The van der Waals surface area contributed by atoms with Gasteiger partial charge in [0.25, 0.3) is 0 Å². The molecule has 0 aliphatic carbocycles. The van der Waals surface area contributed by atoms with Crippen molar-refractivity contribution in [3.8, 4) is 5.75 Å². The van der Waals surface area contributed by atoms with Gasteiger partial charge in [-0.05, 0) is 49.7 Å². The zero-order chi connectivity index (χ0) is 11.2. The van der Waals surface area contributed by atoms with Crippen LogP contribution in [0.25, 0.3) is 0 Å². The number of fused-ring (bicyclic) bond motifs is 2. The summed E-state index contributed by atoms with van der Waals surface area (Å²) in [6, 6.07) is 2.44. The first-order valence-corrected chi connectivity index (χ1v) is 6.99. The number of nitrogens with zero attached hydrogens (tertiary/aromatic N) is 1. The van der Waals surface area contributed by atoms with Gasteiger partial charge in [0.1, 0.15) is 5.75 Å². The number of hydrogen-bond acceptors (Lipinski definition) is 2. The predicted molar refractivity (Wildman–Crippen MR) is 69.1 cm³/mol. The summed E-state index contributed by atoms with van der Waals surface area (Å²) >= 11 is 0. The van der Waals surface area contributed by atoms with E-state index in [-0.39, 0.29) is 0 Å². The molecule has 3 heterocycles. The SMILES string of the molecule is c1c2c(c3c4c1CCCN4CCC3)OCCC2. The Morgan fingerprint density at radius 2 is 1.76 bits per heavy atom. The summed E-state index contributed by atoms with van der Waals surface area (Å²) < 4.78 is 5.97. The molecule has 0 fully saturated rings. The Morgan fingerprint density at radius 1 is 0.941 bits per heavy atom. The summed E-state index contributed by atoms with van der Waals surface area (Å²) in [5, 5.41) is 0. The van der Waals surface area contributed by atoms with Gasteiger partial charge in [0.05, 0.1) is 6.61 Å². The van der Waals surface area contributed by atoms with E-state index in [1.807, 2.05) is 0 Å². The van der Waals surface area contributed by atoms with Crippen molar-refractivity contribution in [3.63, 3.8) is 0 Å². The quantitative estimate of drug-likeness (QED) is 0.678. The molecular weight excluding hydrogens is 210 g/mol. The van der Waals surface area contributed by atoms with Crippen molar-refractivity contribution in [2.24, 2.45) is 0 Å². The Balaban J connectivity index is 1.95. The van der Waals surface area contributed by atoms with Crippen LogP contribution in [-0.4, -0.2) is 19.7 Å². The number of hydrogen-bond donors (Lipinski definition) is 0. The van der Waals surface area contributed by atoms with Gasteiger partial charge in [-0.1, -0.05) is 6.07 Å². The third-order valence-corrected chi connectivity index (χ3v) is 4.39. The molecule has 2 heteroatoms. The second-order valence-corrected chi connectivity index (χ2v) is 5.50. The molecule has 0 saturated carbocycles. The van der Waals surface area contributed by atoms with Crippen LogP contribution in [0, 0.1) is 0 Å². The lowest BCUT2D eigenvalue weighted by Gasteiger charge is -2.39. The number of benzene rings is 1. The van der Waals surface area contributed by atoms with Crippen LogP contribution in [0.2, 0.25) is 0 Å². The molecule has 0 unspecified atom stereocenters. The normalized spacial score (nSPS) is 21.5. The molecule has 0 saturated heterocycles. The lowest BCUT2D eigenvalue weighted by molar-refractivity contribution is 0.284. The van der Waals surface area contributed by atoms with Crippen LogP contribution in [0.1, 0.15) is 36.0 Å². The predicted octanol–water partition coefficient (Wildman–Crippen LogP) is 2.71. The Bertz CT molecular complexity index is 464. The molecule has 90 valence electrons. The maximum absolute atomic E-state index is 5.97. The summed E-state index contributed by atoms with van der Waals surface area (Å²) in [7, 11) is 0. The Kier molecular flexibility index (Phi) is 2.11. The summed E-state index contributed by atoms with van der Waals surface area (Å²) in [6.07, 6.45) is 7.52. The van der Waals surface area contributed by atoms with E-state index in [9.17, 15) is 0 Å². The van der Waals surface area contributed by atoms with Gasteiger partial charge in [0.2, 0.25) is 0 Å². The average molecular weight is 229 g/mol. The fourth-order valence-corrected chi connectivity index (χ4v) is 3.70. The molecule has 1 aromatic carbocycles. The lowest BCUT2D eigenvalue weighted by atomic mass is 9.87. The molecule has 0 bridgehead atoms. The van der Waals surface area contributed by atoms with E-state index in [0.29, 0.717) is 0 Å². The molecule has 1 aromatic rings. The average Bonchev–Trinajstić information content (AvgIpc) is 2.39. The van der Waals surface area contributed by atoms with Gasteiger partial charge in [-0.25, -0.2) is 0 Å². The lowest BCUT2D eigenvalue weighted by Crippen LogP contribution is -2.35. The smallest absolute Gasteiger partial charge is 0.127 e. The van der Waals surface area contributed by atoms with Crippen molar-refractivity contribution < 1.29 is 4.74 Å². The molecular formula is C15H19NO. The Labute approximate surface area is 103 Å². The minimum atomic E-state index is 0.915. The maximum atomic E-state index is 5.97. The van der Waals surface area contributed by atoms with Crippen molar-refractivity contribution >= 4 is 5.69 Å².